The summed E-state index contributed by atoms with van der Waals surface area (Å²) in [6.07, 6.45) is 55.9. The first-order valence-corrected chi connectivity index (χ1v) is 27.3. The molecule has 360 valence electrons. The Balaban J connectivity index is 3.70. The van der Waals surface area contributed by atoms with Gasteiger partial charge in [-0.3, -0.25) is 9.36 Å². The fourth-order valence-electron chi connectivity index (χ4n) is 7.46. The number of quaternary nitrogens is 1. The zero-order valence-electron chi connectivity index (χ0n) is 40.9. The van der Waals surface area contributed by atoms with Crippen LogP contribution in [0.1, 0.15) is 239 Å². The normalized spacial score (nSPS) is 14.4. The lowest BCUT2D eigenvalue weighted by atomic mass is 10.0. The molecule has 2 N–H and O–H groups in total. The van der Waals surface area contributed by atoms with Gasteiger partial charge in [-0.1, -0.05) is 224 Å². The average molecular weight is 881 g/mol. The van der Waals surface area contributed by atoms with E-state index in [2.05, 4.69) is 43.5 Å². The van der Waals surface area contributed by atoms with Crippen molar-refractivity contribution >= 4 is 13.7 Å². The largest absolute Gasteiger partial charge is 0.756 e. The molecule has 0 fully saturated rings. The monoisotopic (exact) mass is 881 g/mol. The van der Waals surface area contributed by atoms with Crippen LogP contribution in [-0.4, -0.2) is 68.5 Å². The minimum absolute atomic E-state index is 0.00103. The lowest BCUT2D eigenvalue weighted by Crippen LogP contribution is -2.45. The molecule has 0 radical (unpaired) electrons. The van der Waals surface area contributed by atoms with Crippen LogP contribution in [0.4, 0.5) is 0 Å². The van der Waals surface area contributed by atoms with Crippen molar-refractivity contribution in [3.63, 3.8) is 0 Å². The number of carbonyl (C=O) groups excluding carboxylic acids is 1. The Morgan fingerprint density at radius 1 is 0.574 bits per heavy atom. The minimum Gasteiger partial charge on any atom is -0.756 e. The molecule has 9 heteroatoms. The van der Waals surface area contributed by atoms with Crippen LogP contribution in [0.3, 0.4) is 0 Å². The van der Waals surface area contributed by atoms with E-state index in [0.29, 0.717) is 17.4 Å². The second-order valence-electron chi connectivity index (χ2n) is 18.9. The van der Waals surface area contributed by atoms with Crippen LogP contribution in [0.25, 0.3) is 0 Å². The highest BCUT2D eigenvalue weighted by Gasteiger charge is 2.23. The standard InChI is InChI=1S/C52H101N2O6P/c1-6-8-10-12-13-14-15-16-17-18-19-20-21-22-23-24-25-26-27-28-29-30-31-32-33-34-35-36-37-38-39-40-41-42-44-46-52(56)53-50(51(55)45-43-11-9-7-2)49-60-61(57,58)59-48-47-54(3,4)5/h15-16,18-19,43,45,50-51,55H,6-14,17,20-42,44,46-49H2,1-5H3,(H-,53,56,57,58)/b16-15-,19-18-,45-43+. The maximum Gasteiger partial charge on any atom is 0.268 e. The van der Waals surface area contributed by atoms with Gasteiger partial charge in [-0.15, -0.1) is 0 Å². The van der Waals surface area contributed by atoms with E-state index in [1.165, 1.54) is 173 Å². The van der Waals surface area contributed by atoms with E-state index < -0.39 is 20.0 Å². The summed E-state index contributed by atoms with van der Waals surface area (Å²) in [5.74, 6) is -0.204. The van der Waals surface area contributed by atoms with Gasteiger partial charge in [-0.05, 0) is 44.9 Å². The minimum atomic E-state index is -4.57. The van der Waals surface area contributed by atoms with Crippen molar-refractivity contribution in [2.24, 2.45) is 0 Å². The molecular formula is C52H101N2O6P. The summed E-state index contributed by atoms with van der Waals surface area (Å²) < 4.78 is 23.0. The molecule has 0 saturated heterocycles. The first-order chi connectivity index (χ1) is 29.5. The molecule has 0 heterocycles. The molecule has 0 rings (SSSR count). The Labute approximate surface area is 378 Å². The number of rotatable bonds is 47. The van der Waals surface area contributed by atoms with Crippen molar-refractivity contribution < 1.29 is 32.9 Å². The van der Waals surface area contributed by atoms with E-state index in [0.717, 1.165) is 44.9 Å². The average Bonchev–Trinajstić information content (AvgIpc) is 3.21. The number of hydrogen-bond acceptors (Lipinski definition) is 6. The summed E-state index contributed by atoms with van der Waals surface area (Å²) >= 11 is 0. The van der Waals surface area contributed by atoms with Gasteiger partial charge in [0.2, 0.25) is 5.91 Å². The number of phosphoric acid groups is 1. The Kier molecular flexibility index (Phi) is 43.0. The third-order valence-electron chi connectivity index (χ3n) is 11.6. The lowest BCUT2D eigenvalue weighted by Gasteiger charge is -2.29. The number of aliphatic hydroxyl groups excluding tert-OH is 1. The maximum absolute atomic E-state index is 12.7. The molecule has 0 aromatic rings. The lowest BCUT2D eigenvalue weighted by molar-refractivity contribution is -0.870. The highest BCUT2D eigenvalue weighted by atomic mass is 31.2. The van der Waals surface area contributed by atoms with Gasteiger partial charge in [0.05, 0.1) is 39.9 Å². The van der Waals surface area contributed by atoms with Crippen LogP contribution in [0.5, 0.6) is 0 Å². The van der Waals surface area contributed by atoms with E-state index in [1.54, 1.807) is 6.08 Å². The van der Waals surface area contributed by atoms with E-state index in [9.17, 15) is 19.4 Å². The van der Waals surface area contributed by atoms with Crippen molar-refractivity contribution in [1.82, 2.24) is 5.32 Å². The van der Waals surface area contributed by atoms with Gasteiger partial charge in [-0.2, -0.15) is 0 Å². The molecule has 8 nitrogen and oxygen atoms in total. The van der Waals surface area contributed by atoms with Crippen molar-refractivity contribution in [2.75, 3.05) is 40.9 Å². The number of unbranched alkanes of at least 4 members (excludes halogenated alkanes) is 30. The second kappa shape index (κ2) is 43.9. The molecule has 0 aromatic carbocycles. The van der Waals surface area contributed by atoms with Gasteiger partial charge in [0.25, 0.3) is 7.82 Å². The van der Waals surface area contributed by atoms with Crippen LogP contribution in [0, 0.1) is 0 Å². The zero-order valence-corrected chi connectivity index (χ0v) is 41.8. The first-order valence-electron chi connectivity index (χ1n) is 25.9. The van der Waals surface area contributed by atoms with Crippen LogP contribution in [0.15, 0.2) is 36.5 Å². The highest BCUT2D eigenvalue weighted by molar-refractivity contribution is 7.45. The van der Waals surface area contributed by atoms with Gasteiger partial charge in [0, 0.05) is 6.42 Å². The first kappa shape index (κ1) is 59.7. The van der Waals surface area contributed by atoms with Crippen molar-refractivity contribution in [1.29, 1.82) is 0 Å². The SMILES string of the molecule is CCCC/C=C/C(O)C(COP(=O)([O-])OCC[N+](C)(C)C)NC(=O)CCCCCCCCCCCCCCCCCCCCCCCCC/C=C\C/C=C\CCCCCCC. The number of aliphatic hydroxyl groups is 1. The third-order valence-corrected chi connectivity index (χ3v) is 12.6. The Bertz CT molecular complexity index is 1090. The summed E-state index contributed by atoms with van der Waals surface area (Å²) in [5, 5.41) is 13.5. The molecular weight excluding hydrogens is 780 g/mol. The summed E-state index contributed by atoms with van der Waals surface area (Å²) in [7, 11) is 1.26. The van der Waals surface area contributed by atoms with Crippen molar-refractivity contribution in [2.45, 2.75) is 251 Å². The fourth-order valence-corrected chi connectivity index (χ4v) is 8.19. The van der Waals surface area contributed by atoms with Gasteiger partial charge in [0.1, 0.15) is 13.2 Å². The number of amides is 1. The Morgan fingerprint density at radius 2 is 0.967 bits per heavy atom. The van der Waals surface area contributed by atoms with E-state index >= 15 is 0 Å². The number of hydrogen-bond donors (Lipinski definition) is 2. The van der Waals surface area contributed by atoms with E-state index in [1.807, 2.05) is 27.2 Å². The number of likely N-dealkylation sites (N-methyl/N-ethyl adjacent to an activating group) is 1. The van der Waals surface area contributed by atoms with Crippen molar-refractivity contribution in [3.05, 3.63) is 36.5 Å². The zero-order chi connectivity index (χ0) is 45.0. The van der Waals surface area contributed by atoms with E-state index in [4.69, 9.17) is 9.05 Å². The summed E-state index contributed by atoms with van der Waals surface area (Å²) in [6, 6.07) is -0.879. The van der Waals surface area contributed by atoms with Gasteiger partial charge in [0.15, 0.2) is 0 Å². The maximum atomic E-state index is 12.7. The number of carbonyl (C=O) groups is 1. The molecule has 0 aliphatic carbocycles. The number of nitrogens with one attached hydrogen (secondary N) is 1. The smallest absolute Gasteiger partial charge is 0.268 e. The van der Waals surface area contributed by atoms with Crippen LogP contribution < -0.4 is 10.2 Å². The molecule has 61 heavy (non-hydrogen) atoms. The van der Waals surface area contributed by atoms with Crippen LogP contribution >= 0.6 is 7.82 Å². The molecule has 3 atom stereocenters. The molecule has 0 spiro atoms. The highest BCUT2D eigenvalue weighted by Crippen LogP contribution is 2.38. The molecule has 0 aliphatic heterocycles. The fraction of sp³-hybridized carbons (Fsp3) is 0.865. The van der Waals surface area contributed by atoms with E-state index in [-0.39, 0.29) is 19.1 Å². The van der Waals surface area contributed by atoms with Crippen LogP contribution in [0.2, 0.25) is 0 Å². The topological polar surface area (TPSA) is 108 Å². The molecule has 0 aliphatic rings. The predicted octanol–water partition coefficient (Wildman–Crippen LogP) is 14.4. The van der Waals surface area contributed by atoms with Crippen LogP contribution in [-0.2, 0) is 18.4 Å². The van der Waals surface area contributed by atoms with Gasteiger partial charge >= 0.3 is 0 Å². The summed E-state index contributed by atoms with van der Waals surface area (Å²) in [4.78, 5) is 25.1. The van der Waals surface area contributed by atoms with Gasteiger partial charge < -0.3 is 28.8 Å². The number of phosphoric ester groups is 1. The van der Waals surface area contributed by atoms with Gasteiger partial charge in [-0.25, -0.2) is 0 Å². The third kappa shape index (κ3) is 46.5. The molecule has 0 aromatic heterocycles. The molecule has 1 amide bonds. The Hall–Kier alpha value is -1.28. The predicted molar refractivity (Wildman–Crippen MR) is 261 cm³/mol. The number of nitrogens with zero attached hydrogens (tertiary/aromatic N) is 1. The summed E-state index contributed by atoms with van der Waals surface area (Å²) in [5.41, 5.74) is 0. The molecule has 3 unspecified atom stereocenters. The second-order valence-corrected chi connectivity index (χ2v) is 20.3. The number of allylic oxidation sites excluding steroid dienone is 5. The summed E-state index contributed by atoms with van der Waals surface area (Å²) in [6.45, 7) is 4.49. The molecule has 0 bridgehead atoms. The molecule has 0 saturated carbocycles. The van der Waals surface area contributed by atoms with Crippen molar-refractivity contribution in [3.8, 4) is 0 Å². The Morgan fingerprint density at radius 3 is 1.39 bits per heavy atom. The quantitative estimate of drug-likeness (QED) is 0.0273.